The van der Waals surface area contributed by atoms with Gasteiger partial charge < -0.3 is 14.8 Å². The number of hydrogen-bond donors (Lipinski definition) is 1. The highest BCUT2D eigenvalue weighted by Gasteiger charge is 2.11. The molecule has 0 spiro atoms. The van der Waals surface area contributed by atoms with Gasteiger partial charge in [0.25, 0.3) is 5.91 Å². The van der Waals surface area contributed by atoms with Crippen LogP contribution in [0.5, 0.6) is 5.75 Å². The van der Waals surface area contributed by atoms with E-state index in [1.54, 1.807) is 0 Å². The molecule has 3 rings (SSSR count). The third-order valence-electron chi connectivity index (χ3n) is 4.44. The second-order valence-corrected chi connectivity index (χ2v) is 7.14. The molecule has 3 aromatic rings. The Balaban J connectivity index is 1.49. The number of hydrogen-bond acceptors (Lipinski definition) is 4. The van der Waals surface area contributed by atoms with Gasteiger partial charge in [-0.1, -0.05) is 54.6 Å². The van der Waals surface area contributed by atoms with Gasteiger partial charge in [-0.2, -0.15) is 0 Å². The Bertz CT molecular complexity index is 994. The lowest BCUT2D eigenvalue weighted by Gasteiger charge is -2.12. The van der Waals surface area contributed by atoms with Crippen LogP contribution in [0.3, 0.4) is 0 Å². The van der Waals surface area contributed by atoms with Crippen LogP contribution in [0.4, 0.5) is 5.69 Å². The number of benzene rings is 3. The van der Waals surface area contributed by atoms with E-state index in [9.17, 15) is 9.59 Å². The third kappa shape index (κ3) is 6.48. The van der Waals surface area contributed by atoms with Crippen molar-refractivity contribution in [3.63, 3.8) is 0 Å². The average Bonchev–Trinajstić information content (AvgIpc) is 2.72. The maximum absolute atomic E-state index is 12.3. The topological polar surface area (TPSA) is 64.6 Å². The number of esters is 1. The van der Waals surface area contributed by atoms with E-state index in [1.807, 2.05) is 86.6 Å². The highest BCUT2D eigenvalue weighted by atomic mass is 16.6. The van der Waals surface area contributed by atoms with Gasteiger partial charge in [0.1, 0.15) is 5.75 Å². The summed E-state index contributed by atoms with van der Waals surface area (Å²) in [6.07, 6.45) is 0.695. The van der Waals surface area contributed by atoms with Crippen LogP contribution in [0.25, 0.3) is 0 Å². The van der Waals surface area contributed by atoms with Crippen LogP contribution in [-0.2, 0) is 20.7 Å². The Morgan fingerprint density at radius 2 is 1.50 bits per heavy atom. The molecule has 1 amide bonds. The monoisotopic (exact) mass is 403 g/mol. The number of nitrogens with one attached hydrogen (secondary N) is 1. The van der Waals surface area contributed by atoms with Crippen molar-refractivity contribution in [2.24, 2.45) is 0 Å². The summed E-state index contributed by atoms with van der Waals surface area (Å²) in [5, 5.41) is 2.82. The lowest BCUT2D eigenvalue weighted by molar-refractivity contribution is -0.149. The van der Waals surface area contributed by atoms with Gasteiger partial charge in [-0.05, 0) is 60.7 Å². The van der Waals surface area contributed by atoms with Gasteiger partial charge in [0.05, 0.1) is 0 Å². The molecular weight excluding hydrogens is 378 g/mol. The van der Waals surface area contributed by atoms with Gasteiger partial charge in [-0.3, -0.25) is 4.79 Å². The Morgan fingerprint density at radius 3 is 2.23 bits per heavy atom. The molecule has 0 aliphatic carbocycles. The van der Waals surface area contributed by atoms with Gasteiger partial charge in [-0.25, -0.2) is 4.79 Å². The minimum Gasteiger partial charge on any atom is -0.482 e. The fourth-order valence-electron chi connectivity index (χ4n) is 3.14. The second-order valence-electron chi connectivity index (χ2n) is 7.14. The van der Waals surface area contributed by atoms with Crippen LogP contribution >= 0.6 is 0 Å². The highest BCUT2D eigenvalue weighted by molar-refractivity contribution is 5.93. The first-order valence-electron chi connectivity index (χ1n) is 9.78. The molecule has 0 bridgehead atoms. The van der Waals surface area contributed by atoms with E-state index in [0.717, 1.165) is 22.3 Å². The first kappa shape index (κ1) is 21.1. The van der Waals surface area contributed by atoms with Crippen LogP contribution < -0.4 is 10.1 Å². The van der Waals surface area contributed by atoms with Gasteiger partial charge in [0, 0.05) is 5.69 Å². The normalized spacial score (nSPS) is 10.3. The second kappa shape index (κ2) is 10.3. The van der Waals surface area contributed by atoms with E-state index in [0.29, 0.717) is 17.9 Å². The zero-order chi connectivity index (χ0) is 21.3. The zero-order valence-electron chi connectivity index (χ0n) is 17.2. The van der Waals surface area contributed by atoms with Crippen LogP contribution in [0.2, 0.25) is 0 Å². The SMILES string of the molecule is Cc1cc(C)cc(OCC(=O)OCC(=O)Nc2ccccc2Cc2ccccc2)c1. The van der Waals surface area contributed by atoms with Crippen molar-refractivity contribution in [3.8, 4) is 5.75 Å². The molecule has 0 aromatic heterocycles. The summed E-state index contributed by atoms with van der Waals surface area (Å²) in [5.41, 5.74) is 4.93. The minimum atomic E-state index is -0.595. The number of carbonyl (C=O) groups is 2. The van der Waals surface area contributed by atoms with E-state index in [1.165, 1.54) is 0 Å². The third-order valence-corrected chi connectivity index (χ3v) is 4.44. The molecule has 0 atom stereocenters. The Hall–Kier alpha value is -3.60. The number of ether oxygens (including phenoxy) is 2. The van der Waals surface area contributed by atoms with E-state index in [-0.39, 0.29) is 13.2 Å². The van der Waals surface area contributed by atoms with Crippen molar-refractivity contribution >= 4 is 17.6 Å². The fourth-order valence-corrected chi connectivity index (χ4v) is 3.14. The number of para-hydroxylation sites is 1. The fraction of sp³-hybridized carbons (Fsp3) is 0.200. The molecule has 0 radical (unpaired) electrons. The number of anilines is 1. The molecule has 3 aromatic carbocycles. The van der Waals surface area contributed by atoms with Gasteiger partial charge in [0.15, 0.2) is 13.2 Å². The van der Waals surface area contributed by atoms with Gasteiger partial charge in [-0.15, -0.1) is 0 Å². The molecule has 5 heteroatoms. The predicted molar refractivity (Wildman–Crippen MR) is 117 cm³/mol. The number of carbonyl (C=O) groups excluding carboxylic acids is 2. The number of aryl methyl sites for hydroxylation is 2. The molecule has 0 saturated heterocycles. The summed E-state index contributed by atoms with van der Waals surface area (Å²) >= 11 is 0. The summed E-state index contributed by atoms with van der Waals surface area (Å²) in [7, 11) is 0. The molecule has 1 N–H and O–H groups in total. The predicted octanol–water partition coefficient (Wildman–Crippen LogP) is 4.45. The molecule has 0 unspecified atom stereocenters. The molecule has 5 nitrogen and oxygen atoms in total. The molecule has 0 aliphatic heterocycles. The van der Waals surface area contributed by atoms with Crippen molar-refractivity contribution in [3.05, 3.63) is 95.1 Å². The molecule has 30 heavy (non-hydrogen) atoms. The van der Waals surface area contributed by atoms with Gasteiger partial charge >= 0.3 is 5.97 Å². The summed E-state index contributed by atoms with van der Waals surface area (Å²) in [4.78, 5) is 24.2. The maximum atomic E-state index is 12.3. The lowest BCUT2D eigenvalue weighted by Crippen LogP contribution is -2.24. The van der Waals surface area contributed by atoms with Crippen LogP contribution in [0, 0.1) is 13.8 Å². The average molecular weight is 403 g/mol. The first-order valence-corrected chi connectivity index (χ1v) is 9.78. The smallest absolute Gasteiger partial charge is 0.344 e. The Kier molecular flexibility index (Phi) is 7.22. The van der Waals surface area contributed by atoms with Crippen molar-refractivity contribution < 1.29 is 19.1 Å². The molecule has 0 fully saturated rings. The Morgan fingerprint density at radius 1 is 0.833 bits per heavy atom. The van der Waals surface area contributed by atoms with E-state index in [4.69, 9.17) is 9.47 Å². The molecule has 0 heterocycles. The van der Waals surface area contributed by atoms with Crippen molar-refractivity contribution in [2.75, 3.05) is 18.5 Å². The first-order chi connectivity index (χ1) is 14.5. The minimum absolute atomic E-state index is 0.249. The number of rotatable bonds is 8. The summed E-state index contributed by atoms with van der Waals surface area (Å²) in [5.74, 6) is -0.388. The number of amides is 1. The summed E-state index contributed by atoms with van der Waals surface area (Å²) < 4.78 is 10.5. The van der Waals surface area contributed by atoms with Crippen molar-refractivity contribution in [2.45, 2.75) is 20.3 Å². The van der Waals surface area contributed by atoms with E-state index < -0.39 is 11.9 Å². The van der Waals surface area contributed by atoms with Crippen LogP contribution in [-0.4, -0.2) is 25.1 Å². The lowest BCUT2D eigenvalue weighted by atomic mass is 10.0. The standard InChI is InChI=1S/C25H25NO4/c1-18-12-19(2)14-22(13-18)29-17-25(28)30-16-24(27)26-23-11-7-6-10-21(23)15-20-8-4-3-5-9-20/h3-14H,15-17H2,1-2H3,(H,26,27). The highest BCUT2D eigenvalue weighted by Crippen LogP contribution is 2.19. The quantitative estimate of drug-likeness (QED) is 0.564. The van der Waals surface area contributed by atoms with Crippen LogP contribution in [0.1, 0.15) is 22.3 Å². The van der Waals surface area contributed by atoms with Gasteiger partial charge in [0.2, 0.25) is 0 Å². The molecular formula is C25H25NO4. The summed E-state index contributed by atoms with van der Waals surface area (Å²) in [6.45, 7) is 3.30. The van der Waals surface area contributed by atoms with Crippen molar-refractivity contribution in [1.29, 1.82) is 0 Å². The zero-order valence-corrected chi connectivity index (χ0v) is 17.2. The maximum Gasteiger partial charge on any atom is 0.344 e. The molecule has 0 saturated carbocycles. The van der Waals surface area contributed by atoms with Crippen LogP contribution in [0.15, 0.2) is 72.8 Å². The molecule has 154 valence electrons. The van der Waals surface area contributed by atoms with E-state index in [2.05, 4.69) is 5.32 Å². The molecule has 0 aliphatic rings. The summed E-state index contributed by atoms with van der Waals surface area (Å²) in [6, 6.07) is 23.3. The largest absolute Gasteiger partial charge is 0.482 e. The Labute approximate surface area is 176 Å². The van der Waals surface area contributed by atoms with Crippen molar-refractivity contribution in [1.82, 2.24) is 0 Å². The van der Waals surface area contributed by atoms with E-state index >= 15 is 0 Å².